The molecule has 0 heterocycles. The van der Waals surface area contributed by atoms with Crippen LogP contribution in [0.5, 0.6) is 0 Å². The van der Waals surface area contributed by atoms with E-state index in [1.54, 1.807) is 0 Å². The topological polar surface area (TPSA) is 231 Å². The average molecular weight is 1190 g/mol. The van der Waals surface area contributed by atoms with Crippen molar-refractivity contribution in [2.24, 2.45) is 0 Å². The lowest BCUT2D eigenvalue weighted by molar-refractivity contribution is -0.161. The van der Waals surface area contributed by atoms with Crippen LogP contribution in [0.15, 0.2) is 72.9 Å². The highest BCUT2D eigenvalue weighted by atomic mass is 31.2. The molecule has 18 heteroatoms. The van der Waals surface area contributed by atoms with Gasteiger partial charge in [0.2, 0.25) is 0 Å². The summed E-state index contributed by atoms with van der Waals surface area (Å²) in [4.78, 5) is 58.1. The van der Waals surface area contributed by atoms with Gasteiger partial charge in [0, 0.05) is 19.3 Å². The van der Waals surface area contributed by atoms with Gasteiger partial charge in [-0.25, -0.2) is 9.13 Å². The average Bonchev–Trinajstić information content (AvgIpc) is 3.45. The van der Waals surface area contributed by atoms with Gasteiger partial charge in [-0.15, -0.1) is 0 Å². The van der Waals surface area contributed by atoms with E-state index in [0.29, 0.717) is 19.3 Å². The van der Waals surface area contributed by atoms with Gasteiger partial charge in [0.1, 0.15) is 25.4 Å². The van der Waals surface area contributed by atoms with Crippen LogP contribution in [0.25, 0.3) is 0 Å². The fraction of sp³-hybridized carbons (Fsp3) is 0.762. The predicted molar refractivity (Wildman–Crippen MR) is 325 cm³/mol. The molecule has 470 valence electrons. The summed E-state index contributed by atoms with van der Waals surface area (Å²) in [7, 11) is -9.77. The summed E-state index contributed by atoms with van der Waals surface area (Å²) in [6.45, 7) is 2.47. The van der Waals surface area contributed by atoms with Gasteiger partial charge >= 0.3 is 33.6 Å². The predicted octanol–water partition coefficient (Wildman–Crippen LogP) is 16.4. The summed E-state index contributed by atoms with van der Waals surface area (Å²) in [5.41, 5.74) is 0. The van der Waals surface area contributed by atoms with E-state index in [-0.39, 0.29) is 19.3 Å². The molecule has 0 aliphatic heterocycles. The number of rotatable bonds is 59. The van der Waals surface area contributed by atoms with E-state index >= 15 is 0 Å². The molecule has 0 bridgehead atoms. The smallest absolute Gasteiger partial charge is 0.463 e. The number of unbranched alkanes of at least 4 members (excludes halogenated alkanes) is 24. The summed E-state index contributed by atoms with van der Waals surface area (Å²) in [6, 6.07) is 0. The van der Waals surface area contributed by atoms with E-state index in [4.69, 9.17) is 32.3 Å². The third-order valence-electron chi connectivity index (χ3n) is 12.9. The Balaban J connectivity index is 4.74. The van der Waals surface area contributed by atoms with Crippen LogP contribution in [-0.2, 0) is 55.8 Å². The number of hydrogen-bond donors (Lipinski definition) is 4. The van der Waals surface area contributed by atoms with Crippen LogP contribution < -0.4 is 0 Å². The maximum atomic E-state index is 12.9. The Bertz CT molecular complexity index is 1780. The van der Waals surface area contributed by atoms with Crippen molar-refractivity contribution in [3.05, 3.63) is 72.9 Å². The largest absolute Gasteiger partial charge is 0.472 e. The highest BCUT2D eigenvalue weighted by Crippen LogP contribution is 2.45. The van der Waals surface area contributed by atoms with Crippen LogP contribution in [-0.4, -0.2) is 95.9 Å². The first-order valence-electron chi connectivity index (χ1n) is 31.2. The van der Waals surface area contributed by atoms with Crippen LogP contribution in [0.2, 0.25) is 0 Å². The Morgan fingerprint density at radius 2 is 0.654 bits per heavy atom. The lowest BCUT2D eigenvalue weighted by atomic mass is 10.1. The van der Waals surface area contributed by atoms with Gasteiger partial charge in [-0.2, -0.15) is 0 Å². The molecule has 0 fully saturated rings. The van der Waals surface area contributed by atoms with Gasteiger partial charge in [-0.3, -0.25) is 32.5 Å². The van der Waals surface area contributed by atoms with Gasteiger partial charge in [0.25, 0.3) is 0 Å². The zero-order chi connectivity index (χ0) is 59.6. The van der Waals surface area contributed by atoms with Gasteiger partial charge in [0.15, 0.2) is 6.10 Å². The second-order valence-corrected chi connectivity index (χ2v) is 23.7. The second-order valence-electron chi connectivity index (χ2n) is 20.8. The van der Waals surface area contributed by atoms with Crippen LogP contribution in [0.4, 0.5) is 0 Å². The first kappa shape index (κ1) is 78.0. The van der Waals surface area contributed by atoms with E-state index in [1.165, 1.54) is 57.8 Å². The van der Waals surface area contributed by atoms with Crippen molar-refractivity contribution in [1.29, 1.82) is 0 Å². The number of hydrogen-bond acceptors (Lipinski definition) is 14. The number of aliphatic hydroxyl groups excluding tert-OH is 2. The van der Waals surface area contributed by atoms with E-state index in [1.807, 2.05) is 0 Å². The summed E-state index contributed by atoms with van der Waals surface area (Å²) in [5.74, 6) is -1.61. The molecule has 0 aromatic rings. The van der Waals surface area contributed by atoms with Crippen molar-refractivity contribution in [3.8, 4) is 0 Å². The maximum Gasteiger partial charge on any atom is 0.472 e. The first-order chi connectivity index (χ1) is 39.2. The summed E-state index contributed by atoms with van der Waals surface area (Å²) in [5, 5.41) is 20.5. The lowest BCUT2D eigenvalue weighted by Gasteiger charge is -2.21. The van der Waals surface area contributed by atoms with Gasteiger partial charge in [-0.1, -0.05) is 196 Å². The van der Waals surface area contributed by atoms with Crippen molar-refractivity contribution < 1.29 is 75.8 Å². The number of allylic oxidation sites excluding steroid dienone is 12. The standard InChI is InChI=1S/C63H112O16P2/c1-4-7-10-13-16-19-22-25-28-31-34-37-40-43-46-49-61(66)73-52-58(64)53-75-80(69,70)76-54-59(65)55-77-81(71,72)78-57-60(79-63(68)51-48-45-42-39-36-33-30-27-24-21-18-15-12-9-6-3)56-74-62(67)50-47-44-41-38-35-32-29-26-23-20-17-14-11-8-5-2/h7,10,16-17,19-20,25-30,58-60,64-65H,4-6,8-9,11-15,18,21-24,31-57H2,1-3H3,(H,69,70)(H,71,72)/b10-7-,19-16-,20-17-,28-25-,29-26-,30-27-. The van der Waals surface area contributed by atoms with Crippen LogP contribution in [0.1, 0.15) is 252 Å². The fourth-order valence-electron chi connectivity index (χ4n) is 8.08. The SMILES string of the molecule is CC/C=C\C/C=C\C/C=C\CCCCCCCC(=O)OCC(O)COP(=O)(O)OCC(O)COP(=O)(O)OCC(COC(=O)CCCCCCC/C=C\C/C=C\CCCCC)OC(=O)CCCCCCC/C=C\CCCCCCCC. The summed E-state index contributed by atoms with van der Waals surface area (Å²) < 4.78 is 60.7. The molecule has 0 saturated heterocycles. The van der Waals surface area contributed by atoms with Gasteiger partial charge in [-0.05, 0) is 109 Å². The fourth-order valence-corrected chi connectivity index (χ4v) is 9.66. The van der Waals surface area contributed by atoms with E-state index < -0.39 is 91.5 Å². The Labute approximate surface area is 490 Å². The van der Waals surface area contributed by atoms with Crippen LogP contribution >= 0.6 is 15.6 Å². The molecule has 0 aliphatic rings. The number of aliphatic hydroxyl groups is 2. The molecule has 4 N–H and O–H groups in total. The Hall–Kier alpha value is -3.01. The molecule has 0 rings (SSSR count). The molecule has 0 saturated carbocycles. The maximum absolute atomic E-state index is 12.9. The monoisotopic (exact) mass is 1190 g/mol. The molecule has 0 spiro atoms. The highest BCUT2D eigenvalue weighted by Gasteiger charge is 2.29. The minimum Gasteiger partial charge on any atom is -0.463 e. The normalized spacial score (nSPS) is 14.9. The molecule has 0 amide bonds. The number of ether oxygens (including phenoxy) is 3. The molecule has 0 radical (unpaired) electrons. The number of esters is 3. The van der Waals surface area contributed by atoms with Crippen LogP contribution in [0, 0.1) is 0 Å². The second kappa shape index (κ2) is 57.4. The number of carbonyl (C=O) groups is 3. The Morgan fingerprint density at radius 3 is 1.07 bits per heavy atom. The lowest BCUT2D eigenvalue weighted by Crippen LogP contribution is -2.30. The molecular weight excluding hydrogens is 1070 g/mol. The molecule has 0 aromatic heterocycles. The molecule has 5 unspecified atom stereocenters. The molecule has 0 aromatic carbocycles. The highest BCUT2D eigenvalue weighted by molar-refractivity contribution is 7.47. The molecule has 0 aliphatic carbocycles. The third kappa shape index (κ3) is 58.6. The molecule has 16 nitrogen and oxygen atoms in total. The first-order valence-corrected chi connectivity index (χ1v) is 34.2. The number of carbonyl (C=O) groups excluding carboxylic acids is 3. The zero-order valence-corrected chi connectivity index (χ0v) is 52.2. The van der Waals surface area contributed by atoms with E-state index in [0.717, 1.165) is 135 Å². The summed E-state index contributed by atoms with van der Waals surface area (Å²) >= 11 is 0. The van der Waals surface area contributed by atoms with Crippen molar-refractivity contribution >= 4 is 33.6 Å². The third-order valence-corrected chi connectivity index (χ3v) is 14.8. The van der Waals surface area contributed by atoms with Gasteiger partial charge < -0.3 is 34.2 Å². The number of phosphoric acid groups is 2. The Morgan fingerprint density at radius 1 is 0.358 bits per heavy atom. The molecule has 5 atom stereocenters. The minimum atomic E-state index is -4.92. The number of phosphoric ester groups is 2. The molecular formula is C63H112O16P2. The van der Waals surface area contributed by atoms with E-state index in [9.17, 15) is 43.5 Å². The molecule has 81 heavy (non-hydrogen) atoms. The van der Waals surface area contributed by atoms with E-state index in [2.05, 4.69) is 93.7 Å². The van der Waals surface area contributed by atoms with Crippen molar-refractivity contribution in [3.63, 3.8) is 0 Å². The quantitative estimate of drug-likeness (QED) is 0.0146. The zero-order valence-electron chi connectivity index (χ0n) is 50.4. The summed E-state index contributed by atoms with van der Waals surface area (Å²) in [6.07, 6.45) is 56.8. The van der Waals surface area contributed by atoms with Crippen molar-refractivity contribution in [1.82, 2.24) is 0 Å². The Kier molecular flexibility index (Phi) is 55.3. The van der Waals surface area contributed by atoms with Crippen LogP contribution in [0.3, 0.4) is 0 Å². The van der Waals surface area contributed by atoms with Crippen molar-refractivity contribution in [2.75, 3.05) is 39.6 Å². The minimum absolute atomic E-state index is 0.0924. The van der Waals surface area contributed by atoms with Crippen molar-refractivity contribution in [2.45, 2.75) is 270 Å². The van der Waals surface area contributed by atoms with Gasteiger partial charge in [0.05, 0.1) is 26.4 Å².